The Morgan fingerprint density at radius 3 is 2.75 bits per heavy atom. The quantitative estimate of drug-likeness (QED) is 0.853. The molecule has 1 heterocycles. The minimum absolute atomic E-state index is 0.144. The van der Waals surface area contributed by atoms with Gasteiger partial charge in [0.05, 0.1) is 17.7 Å². The fraction of sp³-hybridized carbons (Fsp3) is 0.158. The molecule has 0 aliphatic carbocycles. The Balaban J connectivity index is 1.89. The summed E-state index contributed by atoms with van der Waals surface area (Å²) >= 11 is 1.34. The lowest BCUT2D eigenvalue weighted by molar-refractivity contribution is -0.115. The summed E-state index contributed by atoms with van der Waals surface area (Å²) in [5.74, 6) is 0.591. The highest BCUT2D eigenvalue weighted by Gasteiger charge is 2.24. The van der Waals surface area contributed by atoms with Crippen LogP contribution in [-0.2, 0) is 4.79 Å². The number of amides is 1. The number of ether oxygens (including phenoxy) is 1. The molecule has 0 radical (unpaired) electrons. The van der Waals surface area contributed by atoms with Crippen molar-refractivity contribution in [2.45, 2.75) is 13.8 Å². The standard InChI is InChI=1S/C19H18N2O2S/c1-12-8-9-13(2)15(10-12)20-19-21-18(22)17(24-19)11-14-6-4-5-7-16(14)23-3/h4-11H,1-3H3,(H,20,21,22). The van der Waals surface area contributed by atoms with E-state index in [9.17, 15) is 4.79 Å². The summed E-state index contributed by atoms with van der Waals surface area (Å²) in [5.41, 5.74) is 3.95. The topological polar surface area (TPSA) is 50.7 Å². The van der Waals surface area contributed by atoms with Gasteiger partial charge in [0, 0.05) is 5.56 Å². The van der Waals surface area contributed by atoms with E-state index in [-0.39, 0.29) is 5.91 Å². The van der Waals surface area contributed by atoms with E-state index in [0.717, 1.165) is 28.1 Å². The highest BCUT2D eigenvalue weighted by Crippen LogP contribution is 2.31. The van der Waals surface area contributed by atoms with Gasteiger partial charge in [-0.25, -0.2) is 4.99 Å². The molecule has 1 fully saturated rings. The van der Waals surface area contributed by atoms with Crippen molar-refractivity contribution >= 4 is 34.6 Å². The normalized spacial score (nSPS) is 17.4. The third-order valence-electron chi connectivity index (χ3n) is 3.66. The van der Waals surface area contributed by atoms with Crippen LogP contribution < -0.4 is 10.1 Å². The third-order valence-corrected chi connectivity index (χ3v) is 4.57. The van der Waals surface area contributed by atoms with Crippen molar-refractivity contribution in [3.63, 3.8) is 0 Å². The number of aliphatic imine (C=N–C) groups is 1. The maximum Gasteiger partial charge on any atom is 0.264 e. The Morgan fingerprint density at radius 1 is 1.17 bits per heavy atom. The van der Waals surface area contributed by atoms with Gasteiger partial charge in [-0.05, 0) is 54.9 Å². The second-order valence-electron chi connectivity index (χ2n) is 5.51. The van der Waals surface area contributed by atoms with Gasteiger partial charge in [-0.15, -0.1) is 0 Å². The monoisotopic (exact) mass is 338 g/mol. The zero-order valence-corrected chi connectivity index (χ0v) is 14.6. The van der Waals surface area contributed by atoms with Crippen LogP contribution in [-0.4, -0.2) is 18.2 Å². The lowest BCUT2D eigenvalue weighted by atomic mass is 10.1. The molecule has 0 bridgehead atoms. The Hall–Kier alpha value is -2.53. The van der Waals surface area contributed by atoms with Crippen LogP contribution >= 0.6 is 11.8 Å². The van der Waals surface area contributed by atoms with Gasteiger partial charge in [-0.3, -0.25) is 4.79 Å². The molecule has 3 rings (SSSR count). The number of hydrogen-bond acceptors (Lipinski definition) is 4. The van der Waals surface area contributed by atoms with Crippen molar-refractivity contribution in [1.82, 2.24) is 5.32 Å². The molecule has 0 aromatic heterocycles. The molecule has 0 saturated carbocycles. The summed E-state index contributed by atoms with van der Waals surface area (Å²) in [6.45, 7) is 4.03. The lowest BCUT2D eigenvalue weighted by Gasteiger charge is -2.03. The molecule has 0 spiro atoms. The second kappa shape index (κ2) is 6.93. The first-order chi connectivity index (χ1) is 11.6. The number of aryl methyl sites for hydroxylation is 2. The molecule has 1 aliphatic heterocycles. The number of benzene rings is 2. The summed E-state index contributed by atoms with van der Waals surface area (Å²) < 4.78 is 5.33. The number of para-hydroxylation sites is 1. The molecular formula is C19H18N2O2S. The number of thioether (sulfide) groups is 1. The number of hydrogen-bond donors (Lipinski definition) is 1. The number of nitrogens with one attached hydrogen (secondary N) is 1. The molecule has 5 heteroatoms. The minimum atomic E-state index is -0.144. The van der Waals surface area contributed by atoms with Gasteiger partial charge in [-0.1, -0.05) is 30.3 Å². The van der Waals surface area contributed by atoms with Crippen molar-refractivity contribution in [3.05, 3.63) is 64.1 Å². The average molecular weight is 338 g/mol. The van der Waals surface area contributed by atoms with E-state index in [1.807, 2.05) is 62.4 Å². The molecule has 2 aromatic carbocycles. The van der Waals surface area contributed by atoms with Crippen LogP contribution in [0.3, 0.4) is 0 Å². The van der Waals surface area contributed by atoms with Crippen molar-refractivity contribution in [3.8, 4) is 5.75 Å². The van der Waals surface area contributed by atoms with E-state index >= 15 is 0 Å². The lowest BCUT2D eigenvalue weighted by Crippen LogP contribution is -2.19. The van der Waals surface area contributed by atoms with E-state index in [1.165, 1.54) is 11.8 Å². The zero-order chi connectivity index (χ0) is 17.1. The molecule has 4 nitrogen and oxygen atoms in total. The predicted octanol–water partition coefficient (Wildman–Crippen LogP) is 4.20. The molecule has 122 valence electrons. The second-order valence-corrected chi connectivity index (χ2v) is 6.54. The minimum Gasteiger partial charge on any atom is -0.496 e. The summed E-state index contributed by atoms with van der Waals surface area (Å²) in [6, 6.07) is 13.7. The van der Waals surface area contributed by atoms with Gasteiger partial charge >= 0.3 is 0 Å². The van der Waals surface area contributed by atoms with E-state index < -0.39 is 0 Å². The maximum atomic E-state index is 12.2. The number of carbonyl (C=O) groups is 1. The van der Waals surface area contributed by atoms with Gasteiger partial charge in [-0.2, -0.15) is 0 Å². The highest BCUT2D eigenvalue weighted by molar-refractivity contribution is 8.18. The zero-order valence-electron chi connectivity index (χ0n) is 13.8. The molecule has 1 amide bonds. The third kappa shape index (κ3) is 3.51. The largest absolute Gasteiger partial charge is 0.496 e. The first-order valence-electron chi connectivity index (χ1n) is 7.56. The summed E-state index contributed by atoms with van der Waals surface area (Å²) in [4.78, 5) is 17.4. The molecule has 1 aliphatic rings. The van der Waals surface area contributed by atoms with Gasteiger partial charge in [0.15, 0.2) is 5.17 Å². The van der Waals surface area contributed by atoms with Crippen LogP contribution in [0.5, 0.6) is 5.75 Å². The van der Waals surface area contributed by atoms with Gasteiger partial charge < -0.3 is 10.1 Å². The van der Waals surface area contributed by atoms with Crippen LogP contribution in [0.2, 0.25) is 0 Å². The molecule has 24 heavy (non-hydrogen) atoms. The summed E-state index contributed by atoms with van der Waals surface area (Å²) in [7, 11) is 1.62. The molecule has 0 unspecified atom stereocenters. The van der Waals surface area contributed by atoms with Gasteiger partial charge in [0.2, 0.25) is 0 Å². The number of nitrogens with zero attached hydrogens (tertiary/aromatic N) is 1. The first-order valence-corrected chi connectivity index (χ1v) is 8.38. The Morgan fingerprint density at radius 2 is 1.96 bits per heavy atom. The SMILES string of the molecule is COc1ccccc1C=C1SC(=Nc2cc(C)ccc2C)NC1=O. The van der Waals surface area contributed by atoms with Crippen LogP contribution in [0.1, 0.15) is 16.7 Å². The van der Waals surface area contributed by atoms with Crippen molar-refractivity contribution in [2.75, 3.05) is 7.11 Å². The Bertz CT molecular complexity index is 856. The highest BCUT2D eigenvalue weighted by atomic mass is 32.2. The summed E-state index contributed by atoms with van der Waals surface area (Å²) in [6.07, 6.45) is 1.82. The predicted molar refractivity (Wildman–Crippen MR) is 99.7 cm³/mol. The van der Waals surface area contributed by atoms with Crippen molar-refractivity contribution < 1.29 is 9.53 Å². The van der Waals surface area contributed by atoms with Crippen molar-refractivity contribution in [2.24, 2.45) is 4.99 Å². The first kappa shape index (κ1) is 16.3. The molecule has 0 atom stereocenters. The smallest absolute Gasteiger partial charge is 0.264 e. The fourth-order valence-electron chi connectivity index (χ4n) is 2.36. The van der Waals surface area contributed by atoms with Gasteiger partial charge in [0.1, 0.15) is 5.75 Å². The Labute approximate surface area is 145 Å². The number of carbonyl (C=O) groups excluding carboxylic acids is 1. The Kier molecular flexibility index (Phi) is 4.71. The maximum absolute atomic E-state index is 12.2. The van der Waals surface area contributed by atoms with E-state index in [1.54, 1.807) is 7.11 Å². The number of methoxy groups -OCH3 is 1. The van der Waals surface area contributed by atoms with E-state index in [4.69, 9.17) is 4.74 Å². The molecule has 1 N–H and O–H groups in total. The van der Waals surface area contributed by atoms with E-state index in [0.29, 0.717) is 10.1 Å². The van der Waals surface area contributed by atoms with Crippen LogP contribution in [0.25, 0.3) is 6.08 Å². The average Bonchev–Trinajstić information content (AvgIpc) is 2.91. The molecular weight excluding hydrogens is 320 g/mol. The van der Waals surface area contributed by atoms with Gasteiger partial charge in [0.25, 0.3) is 5.91 Å². The van der Waals surface area contributed by atoms with Crippen LogP contribution in [0.15, 0.2) is 52.4 Å². The summed E-state index contributed by atoms with van der Waals surface area (Å²) in [5, 5.41) is 3.41. The fourth-order valence-corrected chi connectivity index (χ4v) is 3.18. The van der Waals surface area contributed by atoms with E-state index in [2.05, 4.69) is 10.3 Å². The van der Waals surface area contributed by atoms with Crippen LogP contribution in [0, 0.1) is 13.8 Å². The van der Waals surface area contributed by atoms with Crippen molar-refractivity contribution in [1.29, 1.82) is 0 Å². The number of amidine groups is 1. The molecule has 2 aromatic rings. The van der Waals surface area contributed by atoms with Crippen LogP contribution in [0.4, 0.5) is 5.69 Å². The molecule has 1 saturated heterocycles. The number of rotatable bonds is 3.